The molecule has 10 nitrogen and oxygen atoms in total. The summed E-state index contributed by atoms with van der Waals surface area (Å²) in [7, 11) is 0. The largest absolute Gasteiger partial charge is 0.481 e. The summed E-state index contributed by atoms with van der Waals surface area (Å²) in [6.45, 7) is 2.17. The molecule has 0 fully saturated rings. The summed E-state index contributed by atoms with van der Waals surface area (Å²) in [6.07, 6.45) is 5.63. The summed E-state index contributed by atoms with van der Waals surface area (Å²) in [6, 6.07) is 8.19. The highest BCUT2D eigenvalue weighted by Crippen LogP contribution is 2.28. The molecule has 0 unspecified atom stereocenters. The Kier molecular flexibility index (Phi) is 7.69. The molecule has 0 aliphatic carbocycles. The number of carboxylic acids is 1. The highest BCUT2D eigenvalue weighted by Gasteiger charge is 2.25. The number of nitrogens with zero attached hydrogens (tertiary/aromatic N) is 2. The molecule has 10 heteroatoms. The Balaban J connectivity index is 1.24. The summed E-state index contributed by atoms with van der Waals surface area (Å²) in [5, 5.41) is 16.8. The van der Waals surface area contributed by atoms with Crippen molar-refractivity contribution in [3.63, 3.8) is 0 Å². The fraction of sp³-hybridized carbons (Fsp3) is 0.458. The number of imidazole rings is 1. The van der Waals surface area contributed by atoms with E-state index in [1.165, 1.54) is 5.56 Å². The van der Waals surface area contributed by atoms with Gasteiger partial charge in [0.2, 0.25) is 5.76 Å². The Morgan fingerprint density at radius 3 is 2.88 bits per heavy atom. The van der Waals surface area contributed by atoms with Crippen LogP contribution in [0.1, 0.15) is 49.6 Å². The molecule has 1 aromatic carbocycles. The van der Waals surface area contributed by atoms with Crippen molar-refractivity contribution in [1.29, 1.82) is 0 Å². The van der Waals surface area contributed by atoms with Gasteiger partial charge in [-0.1, -0.05) is 25.1 Å². The van der Waals surface area contributed by atoms with Crippen LogP contribution >= 0.6 is 0 Å². The minimum absolute atomic E-state index is 0.104. The maximum atomic E-state index is 11.9. The molecule has 3 heterocycles. The van der Waals surface area contributed by atoms with E-state index in [1.54, 1.807) is 6.33 Å². The van der Waals surface area contributed by atoms with Crippen molar-refractivity contribution >= 4 is 12.1 Å². The number of benzene rings is 1. The van der Waals surface area contributed by atoms with Crippen molar-refractivity contribution in [3.05, 3.63) is 59.1 Å². The van der Waals surface area contributed by atoms with Gasteiger partial charge >= 0.3 is 12.1 Å². The summed E-state index contributed by atoms with van der Waals surface area (Å²) in [4.78, 5) is 38.0. The zero-order valence-corrected chi connectivity index (χ0v) is 19.1. The minimum Gasteiger partial charge on any atom is -0.481 e. The van der Waals surface area contributed by atoms with Crippen LogP contribution in [0.4, 0.5) is 4.79 Å². The van der Waals surface area contributed by atoms with Gasteiger partial charge in [0.1, 0.15) is 0 Å². The lowest BCUT2D eigenvalue weighted by Crippen LogP contribution is -2.27. The van der Waals surface area contributed by atoms with Gasteiger partial charge in [-0.2, -0.15) is 0 Å². The molecule has 2 N–H and O–H groups in total. The zero-order valence-electron chi connectivity index (χ0n) is 19.1. The second-order valence-corrected chi connectivity index (χ2v) is 8.35. The predicted octanol–water partition coefficient (Wildman–Crippen LogP) is 3.63. The lowest BCUT2D eigenvalue weighted by molar-refractivity contribution is -0.450. The molecular formula is C24H29N3O7. The summed E-state index contributed by atoms with van der Waals surface area (Å²) in [5.74, 6) is -0.620. The lowest BCUT2D eigenvalue weighted by atomic mass is 9.94. The third kappa shape index (κ3) is 5.51. The second kappa shape index (κ2) is 11.1. The molecule has 4 rings (SSSR count). The summed E-state index contributed by atoms with van der Waals surface area (Å²) >= 11 is 0. The van der Waals surface area contributed by atoms with Crippen LogP contribution in [0, 0.1) is 5.92 Å². The van der Waals surface area contributed by atoms with Gasteiger partial charge in [-0.3, -0.25) is 14.6 Å². The van der Waals surface area contributed by atoms with Gasteiger partial charge in [0, 0.05) is 35.8 Å². The molecule has 34 heavy (non-hydrogen) atoms. The molecule has 0 saturated heterocycles. The third-order valence-electron chi connectivity index (χ3n) is 6.01. The van der Waals surface area contributed by atoms with E-state index >= 15 is 0 Å². The van der Waals surface area contributed by atoms with E-state index in [-0.39, 0.29) is 6.61 Å². The van der Waals surface area contributed by atoms with E-state index in [0.717, 1.165) is 36.3 Å². The number of fused-ring (bicyclic) bond motifs is 3. The van der Waals surface area contributed by atoms with Gasteiger partial charge in [0.25, 0.3) is 0 Å². The average Bonchev–Trinajstić information content (AvgIpc) is 3.46. The van der Waals surface area contributed by atoms with Gasteiger partial charge in [-0.25, -0.2) is 9.78 Å². The van der Waals surface area contributed by atoms with Crippen LogP contribution in [0.15, 0.2) is 42.1 Å². The van der Waals surface area contributed by atoms with Gasteiger partial charge in [-0.15, -0.1) is 0 Å². The first-order valence-corrected chi connectivity index (χ1v) is 11.6. The zero-order chi connectivity index (χ0) is 23.9. The number of amides is 1. The number of allylic oxidation sites excluding steroid dienone is 1. The van der Waals surface area contributed by atoms with Crippen LogP contribution in [0.5, 0.6) is 0 Å². The van der Waals surface area contributed by atoms with Crippen molar-refractivity contribution in [3.8, 4) is 5.69 Å². The lowest BCUT2D eigenvalue weighted by Gasteiger charge is -2.20. The number of carbonyl (C=O) groups excluding carboxylic acids is 1. The molecule has 182 valence electrons. The topological polar surface area (TPSA) is 121 Å². The number of nitrogens with one attached hydrogen (secondary N) is 1. The van der Waals surface area contributed by atoms with E-state index in [4.69, 9.17) is 14.5 Å². The second-order valence-electron chi connectivity index (χ2n) is 8.35. The molecule has 1 amide bonds. The number of aliphatic carboxylic acids is 1. The number of hydrogen-bond acceptors (Lipinski definition) is 7. The first-order valence-electron chi connectivity index (χ1n) is 11.6. The van der Waals surface area contributed by atoms with Gasteiger partial charge in [0.15, 0.2) is 12.4 Å². The predicted molar refractivity (Wildman–Crippen MR) is 120 cm³/mol. The third-order valence-corrected chi connectivity index (χ3v) is 6.01. The fourth-order valence-corrected chi connectivity index (χ4v) is 4.24. The van der Waals surface area contributed by atoms with E-state index in [9.17, 15) is 14.7 Å². The number of alkyl carbamates (subject to hydrolysis) is 1. The minimum atomic E-state index is -0.866. The first-order chi connectivity index (χ1) is 16.6. The van der Waals surface area contributed by atoms with Crippen LogP contribution in [0.3, 0.4) is 0 Å². The molecule has 2 aliphatic heterocycles. The Labute approximate surface area is 197 Å². The number of hydrogen-bond donors (Lipinski definition) is 2. The number of rotatable bonds is 11. The number of ether oxygens (including phenoxy) is 1. The Bertz CT molecular complexity index is 1060. The van der Waals surface area contributed by atoms with E-state index < -0.39 is 18.0 Å². The molecule has 2 aliphatic rings. The van der Waals surface area contributed by atoms with Crippen LogP contribution in [0.2, 0.25) is 0 Å². The van der Waals surface area contributed by atoms with Crippen LogP contribution in [-0.2, 0) is 43.6 Å². The summed E-state index contributed by atoms with van der Waals surface area (Å²) in [5.41, 5.74) is 4.27. The highest BCUT2D eigenvalue weighted by molar-refractivity contribution is 5.70. The number of carboxylic acid groups (broad SMARTS) is 1. The van der Waals surface area contributed by atoms with Crippen molar-refractivity contribution in [1.82, 2.24) is 14.9 Å². The fourth-order valence-electron chi connectivity index (χ4n) is 4.24. The van der Waals surface area contributed by atoms with Crippen molar-refractivity contribution in [2.45, 2.75) is 51.9 Å². The molecule has 1 atom stereocenters. The van der Waals surface area contributed by atoms with E-state index in [0.29, 0.717) is 43.7 Å². The average molecular weight is 472 g/mol. The molecule has 0 spiro atoms. The van der Waals surface area contributed by atoms with E-state index in [2.05, 4.69) is 32.0 Å². The quantitative estimate of drug-likeness (QED) is 0.376. The van der Waals surface area contributed by atoms with Gasteiger partial charge in [0.05, 0.1) is 17.9 Å². The maximum Gasteiger partial charge on any atom is 0.407 e. The molecule has 2 aromatic rings. The van der Waals surface area contributed by atoms with E-state index in [1.807, 2.05) is 19.1 Å². The number of carbonyl (C=O) groups is 2. The molecule has 0 saturated carbocycles. The summed E-state index contributed by atoms with van der Waals surface area (Å²) < 4.78 is 7.18. The molecule has 1 aromatic heterocycles. The normalized spacial score (nSPS) is 15.1. The van der Waals surface area contributed by atoms with Crippen LogP contribution in [0.25, 0.3) is 5.69 Å². The van der Waals surface area contributed by atoms with Gasteiger partial charge < -0.3 is 19.7 Å². The maximum absolute atomic E-state index is 11.9. The molecule has 0 bridgehead atoms. The van der Waals surface area contributed by atoms with Crippen LogP contribution < -0.4 is 5.32 Å². The number of aromatic nitrogens is 2. The van der Waals surface area contributed by atoms with Crippen LogP contribution in [-0.4, -0.2) is 39.9 Å². The van der Waals surface area contributed by atoms with Crippen molar-refractivity contribution in [2.24, 2.45) is 5.92 Å². The molecular weight excluding hydrogens is 442 g/mol. The smallest absolute Gasteiger partial charge is 0.407 e. The number of aryl methyl sites for hydroxylation is 1. The standard InChI is InChI=1S/C24H29N3O7/c1-2-6-21-22(33-34-32-21)14-31-24(30)25-12-5-8-17(23(28)29)13-18-20-11-10-16-7-3-4-9-19(16)27(20)15-26-18/h3-4,7,9,15,17H,2,5-6,8,10-14H2,1H3,(H,25,30)(H,28,29)/t17-/m0/s1. The first kappa shape index (κ1) is 23.6. The Hall–Kier alpha value is -3.53. The molecule has 0 radical (unpaired) electrons. The Morgan fingerprint density at radius 2 is 2.06 bits per heavy atom. The van der Waals surface area contributed by atoms with Crippen molar-refractivity contribution < 1.29 is 34.2 Å². The Morgan fingerprint density at radius 1 is 1.24 bits per heavy atom. The van der Waals surface area contributed by atoms with Gasteiger partial charge in [-0.05, 0) is 43.7 Å². The monoisotopic (exact) mass is 471 g/mol. The SMILES string of the molecule is CCCC1=C(COC(=O)NCCC[C@@H](Cc2ncn3c2CCc2ccccc2-3)C(=O)O)OOO1. The van der Waals surface area contributed by atoms with Crippen molar-refractivity contribution in [2.75, 3.05) is 13.2 Å². The highest BCUT2D eigenvalue weighted by atomic mass is 17.5. The number of para-hydroxylation sites is 1.